The van der Waals surface area contributed by atoms with Crippen LogP contribution in [0.1, 0.15) is 24.0 Å². The molecule has 0 spiro atoms. The summed E-state index contributed by atoms with van der Waals surface area (Å²) in [5, 5.41) is 0. The molecule has 1 aliphatic carbocycles. The first-order valence-electron chi connectivity index (χ1n) is 7.30. The van der Waals surface area contributed by atoms with Gasteiger partial charge in [-0.2, -0.15) is 4.31 Å². The number of hydrogen-bond donors (Lipinski definition) is 0. The van der Waals surface area contributed by atoms with E-state index in [9.17, 15) is 12.8 Å². The van der Waals surface area contributed by atoms with Gasteiger partial charge in [0.15, 0.2) is 0 Å². The Morgan fingerprint density at radius 3 is 2.32 bits per heavy atom. The minimum Gasteiger partial charge on any atom is -0.207 e. The van der Waals surface area contributed by atoms with Crippen LogP contribution in [-0.2, 0) is 16.6 Å². The lowest BCUT2D eigenvalue weighted by Crippen LogP contribution is -2.33. The van der Waals surface area contributed by atoms with E-state index in [2.05, 4.69) is 0 Å². The van der Waals surface area contributed by atoms with Crippen molar-refractivity contribution in [3.63, 3.8) is 0 Å². The molecule has 0 N–H and O–H groups in total. The predicted molar refractivity (Wildman–Crippen MR) is 83.3 cm³/mol. The van der Waals surface area contributed by atoms with Crippen molar-refractivity contribution >= 4 is 10.0 Å². The van der Waals surface area contributed by atoms with Crippen molar-refractivity contribution in [1.29, 1.82) is 0 Å². The third-order valence-corrected chi connectivity index (χ3v) is 5.78. The second-order valence-corrected chi connectivity index (χ2v) is 7.58. The molecule has 3 nitrogen and oxygen atoms in total. The van der Waals surface area contributed by atoms with Gasteiger partial charge in [-0.25, -0.2) is 12.8 Å². The molecule has 0 radical (unpaired) electrons. The summed E-state index contributed by atoms with van der Waals surface area (Å²) in [5.41, 5.74) is 1.41. The lowest BCUT2D eigenvalue weighted by molar-refractivity contribution is 0.391. The zero-order valence-electron chi connectivity index (χ0n) is 12.4. The van der Waals surface area contributed by atoms with Gasteiger partial charge in [-0.15, -0.1) is 0 Å². The number of halogens is 1. The van der Waals surface area contributed by atoms with E-state index >= 15 is 0 Å². The topological polar surface area (TPSA) is 37.4 Å². The van der Waals surface area contributed by atoms with E-state index in [4.69, 9.17) is 0 Å². The third kappa shape index (κ3) is 3.05. The molecule has 0 atom stereocenters. The zero-order valence-corrected chi connectivity index (χ0v) is 13.2. The van der Waals surface area contributed by atoms with E-state index in [1.54, 1.807) is 42.5 Å². The number of sulfonamides is 1. The summed E-state index contributed by atoms with van der Waals surface area (Å²) in [6.45, 7) is 1.99. The lowest BCUT2D eigenvalue weighted by atomic mass is 10.2. The lowest BCUT2D eigenvalue weighted by Gasteiger charge is -2.22. The van der Waals surface area contributed by atoms with Crippen molar-refractivity contribution in [2.75, 3.05) is 0 Å². The van der Waals surface area contributed by atoms with E-state index < -0.39 is 10.0 Å². The predicted octanol–water partition coefficient (Wildman–Crippen LogP) is 3.49. The summed E-state index contributed by atoms with van der Waals surface area (Å²) in [6.07, 6.45) is 1.67. The molecule has 0 amide bonds. The Hall–Kier alpha value is -1.72. The first kappa shape index (κ1) is 15.2. The number of aryl methyl sites for hydroxylation is 1. The fourth-order valence-corrected chi connectivity index (χ4v) is 4.08. The average Bonchev–Trinajstić information content (AvgIpc) is 3.31. The molecular weight excluding hydrogens is 301 g/mol. The molecule has 5 heteroatoms. The molecule has 0 aromatic heterocycles. The third-order valence-electron chi connectivity index (χ3n) is 3.87. The van der Waals surface area contributed by atoms with E-state index in [0.717, 1.165) is 18.4 Å². The fraction of sp³-hybridized carbons (Fsp3) is 0.294. The fourth-order valence-electron chi connectivity index (χ4n) is 2.41. The summed E-state index contributed by atoms with van der Waals surface area (Å²) in [7, 11) is -3.60. The molecule has 22 heavy (non-hydrogen) atoms. The van der Waals surface area contributed by atoms with Crippen LogP contribution in [0.3, 0.4) is 0 Å². The zero-order chi connectivity index (χ0) is 15.7. The quantitative estimate of drug-likeness (QED) is 0.846. The van der Waals surface area contributed by atoms with Crippen LogP contribution in [0.15, 0.2) is 53.4 Å². The molecule has 0 heterocycles. The van der Waals surface area contributed by atoms with E-state index in [1.807, 2.05) is 6.92 Å². The first-order chi connectivity index (χ1) is 10.5. The minimum absolute atomic E-state index is 0.0223. The summed E-state index contributed by atoms with van der Waals surface area (Å²) in [5.74, 6) is -0.368. The molecule has 0 unspecified atom stereocenters. The van der Waals surface area contributed by atoms with E-state index in [1.165, 1.54) is 10.4 Å². The minimum atomic E-state index is -3.60. The maximum Gasteiger partial charge on any atom is 0.243 e. The van der Waals surface area contributed by atoms with Crippen LogP contribution in [0.4, 0.5) is 4.39 Å². The molecule has 3 rings (SSSR count). The molecule has 2 aromatic carbocycles. The van der Waals surface area contributed by atoms with Crippen molar-refractivity contribution in [2.45, 2.75) is 37.2 Å². The SMILES string of the molecule is Cc1ccc(S(=O)(=O)N(Cc2ccccc2F)C2CC2)cc1. The van der Waals surface area contributed by atoms with Crippen LogP contribution in [-0.4, -0.2) is 18.8 Å². The van der Waals surface area contributed by atoms with Crippen LogP contribution < -0.4 is 0 Å². The Bertz CT molecular complexity index is 768. The average molecular weight is 319 g/mol. The van der Waals surface area contributed by atoms with Gasteiger partial charge < -0.3 is 0 Å². The van der Waals surface area contributed by atoms with Crippen LogP contribution in [0.2, 0.25) is 0 Å². The first-order valence-corrected chi connectivity index (χ1v) is 8.74. The highest BCUT2D eigenvalue weighted by atomic mass is 32.2. The van der Waals surface area contributed by atoms with Gasteiger partial charge in [-0.1, -0.05) is 35.9 Å². The van der Waals surface area contributed by atoms with Crippen LogP contribution in [0.25, 0.3) is 0 Å². The molecule has 1 aliphatic rings. The van der Waals surface area contributed by atoms with Crippen molar-refractivity contribution < 1.29 is 12.8 Å². The van der Waals surface area contributed by atoms with Gasteiger partial charge in [0, 0.05) is 18.2 Å². The maximum atomic E-state index is 13.9. The van der Waals surface area contributed by atoms with Crippen LogP contribution in [0, 0.1) is 12.7 Å². The standard InChI is InChI=1S/C17H18FNO2S/c1-13-6-10-16(11-7-13)22(20,21)19(15-8-9-15)12-14-4-2-3-5-17(14)18/h2-7,10-11,15H,8-9,12H2,1H3. The summed E-state index contributed by atoms with van der Waals surface area (Å²) >= 11 is 0. The highest BCUT2D eigenvalue weighted by Gasteiger charge is 2.38. The van der Waals surface area contributed by atoms with Crippen molar-refractivity contribution in [3.8, 4) is 0 Å². The maximum absolute atomic E-state index is 13.9. The summed E-state index contributed by atoms with van der Waals surface area (Å²) in [6, 6.07) is 13.1. The Morgan fingerprint density at radius 1 is 1.09 bits per heavy atom. The number of nitrogens with zero attached hydrogens (tertiary/aromatic N) is 1. The largest absolute Gasteiger partial charge is 0.243 e. The van der Waals surface area contributed by atoms with E-state index in [0.29, 0.717) is 5.56 Å². The highest BCUT2D eigenvalue weighted by Crippen LogP contribution is 2.33. The molecule has 2 aromatic rings. The smallest absolute Gasteiger partial charge is 0.207 e. The molecule has 0 saturated heterocycles. The van der Waals surface area contributed by atoms with Gasteiger partial charge in [0.05, 0.1) is 4.90 Å². The Morgan fingerprint density at radius 2 is 1.73 bits per heavy atom. The van der Waals surface area contributed by atoms with Gasteiger partial charge in [0.25, 0.3) is 0 Å². The molecule has 0 bridgehead atoms. The highest BCUT2D eigenvalue weighted by molar-refractivity contribution is 7.89. The number of benzene rings is 2. The summed E-state index contributed by atoms with van der Waals surface area (Å²) < 4.78 is 41.0. The molecule has 0 aliphatic heterocycles. The number of rotatable bonds is 5. The monoisotopic (exact) mass is 319 g/mol. The van der Waals surface area contributed by atoms with E-state index in [-0.39, 0.29) is 23.3 Å². The Labute approximate surface area is 130 Å². The second-order valence-electron chi connectivity index (χ2n) is 5.69. The number of hydrogen-bond acceptors (Lipinski definition) is 2. The second kappa shape index (κ2) is 5.82. The normalized spacial score (nSPS) is 15.2. The summed E-state index contributed by atoms with van der Waals surface area (Å²) in [4.78, 5) is 0.265. The van der Waals surface area contributed by atoms with Crippen LogP contribution in [0.5, 0.6) is 0 Å². The van der Waals surface area contributed by atoms with Crippen molar-refractivity contribution in [2.24, 2.45) is 0 Å². The molecule has 1 saturated carbocycles. The molecule has 116 valence electrons. The Balaban J connectivity index is 1.94. The molecular formula is C17H18FNO2S. The Kier molecular flexibility index (Phi) is 4.02. The molecule has 1 fully saturated rings. The van der Waals surface area contributed by atoms with Crippen LogP contribution >= 0.6 is 0 Å². The van der Waals surface area contributed by atoms with Gasteiger partial charge in [0.1, 0.15) is 5.82 Å². The van der Waals surface area contributed by atoms with Gasteiger partial charge in [0.2, 0.25) is 10.0 Å². The van der Waals surface area contributed by atoms with Crippen molar-refractivity contribution in [3.05, 3.63) is 65.5 Å². The van der Waals surface area contributed by atoms with Crippen molar-refractivity contribution in [1.82, 2.24) is 4.31 Å². The van der Waals surface area contributed by atoms with Gasteiger partial charge in [-0.05, 0) is 38.0 Å². The van der Waals surface area contributed by atoms with Gasteiger partial charge in [-0.3, -0.25) is 0 Å². The van der Waals surface area contributed by atoms with Gasteiger partial charge >= 0.3 is 0 Å².